The van der Waals surface area contributed by atoms with Crippen LogP contribution < -0.4 is 4.74 Å². The fourth-order valence-corrected chi connectivity index (χ4v) is 2.35. The highest BCUT2D eigenvalue weighted by molar-refractivity contribution is 5.94. The number of ketones is 1. The second-order valence-corrected chi connectivity index (χ2v) is 5.41. The molecule has 0 saturated heterocycles. The second-order valence-electron chi connectivity index (χ2n) is 5.41. The average Bonchev–Trinajstić information content (AvgIpc) is 2.63. The Balaban J connectivity index is 1.72. The summed E-state index contributed by atoms with van der Waals surface area (Å²) in [6.45, 7) is 1.50. The molecule has 0 aliphatic rings. The van der Waals surface area contributed by atoms with Crippen LogP contribution in [-0.2, 0) is 0 Å². The third-order valence-corrected chi connectivity index (χ3v) is 3.70. The minimum Gasteiger partial charge on any atom is -0.423 e. The van der Waals surface area contributed by atoms with Crippen LogP contribution in [0.25, 0.3) is 11.1 Å². The molecule has 0 heterocycles. The van der Waals surface area contributed by atoms with E-state index in [2.05, 4.69) is 0 Å². The summed E-state index contributed by atoms with van der Waals surface area (Å²) in [7, 11) is 0. The van der Waals surface area contributed by atoms with Crippen LogP contribution >= 0.6 is 0 Å². The van der Waals surface area contributed by atoms with E-state index < -0.39 is 5.97 Å². The molecule has 0 amide bonds. The minimum atomic E-state index is -0.426. The predicted molar refractivity (Wildman–Crippen MR) is 93.3 cm³/mol. The zero-order valence-electron chi connectivity index (χ0n) is 13.2. The smallest absolute Gasteiger partial charge is 0.343 e. The van der Waals surface area contributed by atoms with Crippen molar-refractivity contribution in [2.24, 2.45) is 0 Å². The lowest BCUT2D eigenvalue weighted by molar-refractivity contribution is 0.0734. The maximum absolute atomic E-state index is 12.2. The fraction of sp³-hybridized carbons (Fsp3) is 0.0476. The van der Waals surface area contributed by atoms with E-state index in [1.807, 2.05) is 42.5 Å². The van der Waals surface area contributed by atoms with Gasteiger partial charge in [-0.15, -0.1) is 0 Å². The largest absolute Gasteiger partial charge is 0.423 e. The van der Waals surface area contributed by atoms with E-state index >= 15 is 0 Å². The number of ether oxygens (including phenoxy) is 1. The first-order valence-corrected chi connectivity index (χ1v) is 7.62. The average molecular weight is 316 g/mol. The number of esters is 1. The predicted octanol–water partition coefficient (Wildman–Crippen LogP) is 4.78. The first-order valence-electron chi connectivity index (χ1n) is 7.62. The molecule has 0 aliphatic carbocycles. The van der Waals surface area contributed by atoms with Crippen LogP contribution in [0.3, 0.4) is 0 Å². The van der Waals surface area contributed by atoms with Gasteiger partial charge in [-0.2, -0.15) is 0 Å². The molecule has 24 heavy (non-hydrogen) atoms. The van der Waals surface area contributed by atoms with E-state index in [1.165, 1.54) is 6.92 Å². The van der Waals surface area contributed by atoms with Crippen LogP contribution in [0.2, 0.25) is 0 Å². The highest BCUT2D eigenvalue weighted by Crippen LogP contribution is 2.20. The van der Waals surface area contributed by atoms with Crippen molar-refractivity contribution in [3.63, 3.8) is 0 Å². The van der Waals surface area contributed by atoms with E-state index in [1.54, 1.807) is 36.4 Å². The normalized spacial score (nSPS) is 10.2. The Labute approximate surface area is 140 Å². The molecule has 0 N–H and O–H groups in total. The molecule has 0 aromatic heterocycles. The monoisotopic (exact) mass is 316 g/mol. The van der Waals surface area contributed by atoms with Crippen LogP contribution in [0.15, 0.2) is 78.9 Å². The van der Waals surface area contributed by atoms with Crippen molar-refractivity contribution in [3.8, 4) is 16.9 Å². The van der Waals surface area contributed by atoms with Gasteiger partial charge in [0.2, 0.25) is 0 Å². The molecule has 0 spiro atoms. The molecule has 0 radical (unpaired) electrons. The highest BCUT2D eigenvalue weighted by atomic mass is 16.5. The van der Waals surface area contributed by atoms with Gasteiger partial charge >= 0.3 is 5.97 Å². The summed E-state index contributed by atoms with van der Waals surface area (Å²) in [4.78, 5) is 23.4. The van der Waals surface area contributed by atoms with Gasteiger partial charge in [0.05, 0.1) is 5.56 Å². The van der Waals surface area contributed by atoms with Gasteiger partial charge in [0.25, 0.3) is 0 Å². The maximum atomic E-state index is 12.2. The zero-order chi connectivity index (χ0) is 16.9. The third kappa shape index (κ3) is 3.58. The molecule has 3 nitrogen and oxygen atoms in total. The van der Waals surface area contributed by atoms with Gasteiger partial charge in [0, 0.05) is 5.56 Å². The SMILES string of the molecule is CC(=O)c1ccc(OC(=O)c2ccc(-c3ccccc3)cc2)cc1. The van der Waals surface area contributed by atoms with E-state index in [0.29, 0.717) is 16.9 Å². The van der Waals surface area contributed by atoms with Crippen molar-refractivity contribution in [3.05, 3.63) is 90.0 Å². The van der Waals surface area contributed by atoms with Crippen molar-refractivity contribution >= 4 is 11.8 Å². The number of hydrogen-bond donors (Lipinski definition) is 0. The summed E-state index contributed by atoms with van der Waals surface area (Å²) in [6.07, 6.45) is 0. The van der Waals surface area contributed by atoms with Crippen molar-refractivity contribution in [1.82, 2.24) is 0 Å². The molecule has 3 rings (SSSR count). The molecule has 0 saturated carbocycles. The first kappa shape index (κ1) is 15.7. The fourth-order valence-electron chi connectivity index (χ4n) is 2.35. The van der Waals surface area contributed by atoms with Crippen molar-refractivity contribution in [1.29, 1.82) is 0 Å². The van der Waals surface area contributed by atoms with Crippen LogP contribution in [0.1, 0.15) is 27.6 Å². The molecular formula is C21H16O3. The number of Topliss-reactive ketones (excluding diaryl/α,β-unsaturated/α-hetero) is 1. The summed E-state index contributed by atoms with van der Waals surface area (Å²) in [5.41, 5.74) is 3.20. The number of rotatable bonds is 4. The molecular weight excluding hydrogens is 300 g/mol. The number of hydrogen-bond acceptors (Lipinski definition) is 3. The van der Waals surface area contributed by atoms with Crippen LogP contribution in [0.5, 0.6) is 5.75 Å². The third-order valence-electron chi connectivity index (χ3n) is 3.70. The summed E-state index contributed by atoms with van der Waals surface area (Å²) in [6, 6.07) is 23.7. The highest BCUT2D eigenvalue weighted by Gasteiger charge is 2.09. The molecule has 0 atom stereocenters. The Morgan fingerprint density at radius 1 is 0.667 bits per heavy atom. The first-order chi connectivity index (χ1) is 11.6. The van der Waals surface area contributed by atoms with Crippen LogP contribution in [-0.4, -0.2) is 11.8 Å². The molecule has 3 aromatic rings. The lowest BCUT2D eigenvalue weighted by Crippen LogP contribution is -2.08. The molecule has 3 aromatic carbocycles. The van der Waals surface area contributed by atoms with Gasteiger partial charge in [0.1, 0.15) is 5.75 Å². The standard InChI is InChI=1S/C21H16O3/c1-15(22)16-11-13-20(14-12-16)24-21(23)19-9-7-18(8-10-19)17-5-3-2-4-6-17/h2-14H,1H3. The molecule has 0 unspecified atom stereocenters. The second kappa shape index (κ2) is 6.92. The van der Waals surface area contributed by atoms with E-state index in [9.17, 15) is 9.59 Å². The van der Waals surface area contributed by atoms with Crippen LogP contribution in [0.4, 0.5) is 0 Å². The van der Waals surface area contributed by atoms with Gasteiger partial charge < -0.3 is 4.74 Å². The summed E-state index contributed by atoms with van der Waals surface area (Å²) < 4.78 is 5.33. The maximum Gasteiger partial charge on any atom is 0.343 e. The molecule has 0 bridgehead atoms. The van der Waals surface area contributed by atoms with Gasteiger partial charge in [-0.1, -0.05) is 42.5 Å². The summed E-state index contributed by atoms with van der Waals surface area (Å²) in [5, 5.41) is 0. The molecule has 3 heteroatoms. The Morgan fingerprint density at radius 3 is 1.79 bits per heavy atom. The van der Waals surface area contributed by atoms with Crippen molar-refractivity contribution < 1.29 is 14.3 Å². The Bertz CT molecular complexity index is 848. The summed E-state index contributed by atoms with van der Waals surface area (Å²) >= 11 is 0. The molecule has 118 valence electrons. The Morgan fingerprint density at radius 2 is 1.21 bits per heavy atom. The number of carbonyl (C=O) groups excluding carboxylic acids is 2. The van der Waals surface area contributed by atoms with Crippen molar-refractivity contribution in [2.75, 3.05) is 0 Å². The minimum absolute atomic E-state index is 0.0237. The lowest BCUT2D eigenvalue weighted by atomic mass is 10.0. The van der Waals surface area contributed by atoms with E-state index in [-0.39, 0.29) is 5.78 Å². The van der Waals surface area contributed by atoms with Gasteiger partial charge in [-0.05, 0) is 54.4 Å². The van der Waals surface area contributed by atoms with Crippen molar-refractivity contribution in [2.45, 2.75) is 6.92 Å². The van der Waals surface area contributed by atoms with E-state index in [0.717, 1.165) is 11.1 Å². The molecule has 0 aliphatic heterocycles. The van der Waals surface area contributed by atoms with E-state index in [4.69, 9.17) is 4.74 Å². The van der Waals surface area contributed by atoms with Crippen LogP contribution in [0, 0.1) is 0 Å². The van der Waals surface area contributed by atoms with Gasteiger partial charge in [-0.3, -0.25) is 4.79 Å². The topological polar surface area (TPSA) is 43.4 Å². The van der Waals surface area contributed by atoms with Gasteiger partial charge in [0.15, 0.2) is 5.78 Å². The molecule has 0 fully saturated rings. The lowest BCUT2D eigenvalue weighted by Gasteiger charge is -2.06. The summed E-state index contributed by atoms with van der Waals surface area (Å²) in [5.74, 6) is -0.0355. The quantitative estimate of drug-likeness (QED) is 0.395. The number of benzene rings is 3. The zero-order valence-corrected chi connectivity index (χ0v) is 13.2. The Hall–Kier alpha value is -3.20. The number of carbonyl (C=O) groups is 2. The Kier molecular flexibility index (Phi) is 4.52. The van der Waals surface area contributed by atoms with Gasteiger partial charge in [-0.25, -0.2) is 4.79 Å².